The van der Waals surface area contributed by atoms with Crippen LogP contribution in [0.4, 0.5) is 15.8 Å². The van der Waals surface area contributed by atoms with Gasteiger partial charge in [-0.25, -0.2) is 4.39 Å². The maximum atomic E-state index is 13.2. The summed E-state index contributed by atoms with van der Waals surface area (Å²) in [4.78, 5) is 12.0. The van der Waals surface area contributed by atoms with E-state index in [4.69, 9.17) is 0 Å². The lowest BCUT2D eigenvalue weighted by Crippen LogP contribution is -2.38. The lowest BCUT2D eigenvalue weighted by atomic mass is 10.1. The van der Waals surface area contributed by atoms with E-state index in [-0.39, 0.29) is 11.4 Å². The van der Waals surface area contributed by atoms with Gasteiger partial charge in [0.25, 0.3) is 5.69 Å². The van der Waals surface area contributed by atoms with E-state index < -0.39 is 16.8 Å². The van der Waals surface area contributed by atoms with E-state index in [1.807, 2.05) is 0 Å². The molecular weight excluding hydrogens is 227 g/mol. The highest BCUT2D eigenvalue weighted by Crippen LogP contribution is 2.30. The van der Waals surface area contributed by atoms with Gasteiger partial charge in [0.2, 0.25) is 0 Å². The summed E-state index contributed by atoms with van der Waals surface area (Å²) >= 11 is 0. The van der Waals surface area contributed by atoms with Crippen LogP contribution in [0, 0.1) is 15.9 Å². The van der Waals surface area contributed by atoms with Crippen molar-refractivity contribution in [2.24, 2.45) is 0 Å². The number of rotatable bonds is 2. The smallest absolute Gasteiger partial charge is 0.292 e. The van der Waals surface area contributed by atoms with Gasteiger partial charge in [0.15, 0.2) is 0 Å². The molecular formula is C11H13FN2O3. The summed E-state index contributed by atoms with van der Waals surface area (Å²) in [7, 11) is 0. The van der Waals surface area contributed by atoms with Crippen molar-refractivity contribution in [1.29, 1.82) is 0 Å². The Bertz CT molecular complexity index is 439. The number of aliphatic hydroxyl groups excluding tert-OH is 1. The molecule has 17 heavy (non-hydrogen) atoms. The Kier molecular flexibility index (Phi) is 3.23. The Morgan fingerprint density at radius 1 is 1.53 bits per heavy atom. The zero-order valence-electron chi connectivity index (χ0n) is 9.17. The van der Waals surface area contributed by atoms with E-state index in [1.165, 1.54) is 0 Å². The summed E-state index contributed by atoms with van der Waals surface area (Å²) in [5, 5.41) is 20.4. The summed E-state index contributed by atoms with van der Waals surface area (Å²) < 4.78 is 13.2. The molecule has 2 rings (SSSR count). The number of hydrogen-bond donors (Lipinski definition) is 1. The lowest BCUT2D eigenvalue weighted by molar-refractivity contribution is -0.384. The van der Waals surface area contributed by atoms with Crippen LogP contribution in [0.2, 0.25) is 0 Å². The second-order valence-electron chi connectivity index (χ2n) is 4.13. The fourth-order valence-electron chi connectivity index (χ4n) is 2.08. The molecule has 0 amide bonds. The van der Waals surface area contributed by atoms with Crippen LogP contribution >= 0.6 is 0 Å². The number of piperidine rings is 1. The number of hydrogen-bond acceptors (Lipinski definition) is 4. The third-order valence-corrected chi connectivity index (χ3v) is 2.87. The maximum Gasteiger partial charge on any atom is 0.292 e. The molecule has 0 spiro atoms. The Balaban J connectivity index is 2.35. The molecule has 1 atom stereocenters. The highest BCUT2D eigenvalue weighted by Gasteiger charge is 2.24. The molecule has 0 bridgehead atoms. The molecule has 92 valence electrons. The van der Waals surface area contributed by atoms with Gasteiger partial charge in [-0.2, -0.15) is 0 Å². The van der Waals surface area contributed by atoms with Crippen molar-refractivity contribution >= 4 is 11.4 Å². The quantitative estimate of drug-likeness (QED) is 0.631. The Labute approximate surface area is 97.6 Å². The number of β-amino-alcohol motifs (C(OH)–C–C–N with tert-alkyl or cyclic N) is 1. The number of halogens is 1. The van der Waals surface area contributed by atoms with Gasteiger partial charge in [-0.1, -0.05) is 0 Å². The molecule has 1 heterocycles. The van der Waals surface area contributed by atoms with E-state index in [2.05, 4.69) is 0 Å². The topological polar surface area (TPSA) is 66.6 Å². The SMILES string of the molecule is O=[N+]([O-])c1ccc(F)cc1N1CCC[C@H](O)C1. The third kappa shape index (κ3) is 2.52. The molecule has 1 aliphatic heterocycles. The predicted molar refractivity (Wildman–Crippen MR) is 60.5 cm³/mol. The first-order chi connectivity index (χ1) is 8.08. The number of anilines is 1. The molecule has 0 radical (unpaired) electrons. The van der Waals surface area contributed by atoms with Crippen LogP contribution in [0.25, 0.3) is 0 Å². The fraction of sp³-hybridized carbons (Fsp3) is 0.455. The maximum absolute atomic E-state index is 13.2. The predicted octanol–water partition coefficient (Wildman–Crippen LogP) is 1.69. The first-order valence-corrected chi connectivity index (χ1v) is 5.45. The third-order valence-electron chi connectivity index (χ3n) is 2.87. The average Bonchev–Trinajstić information content (AvgIpc) is 2.28. The van der Waals surface area contributed by atoms with Crippen LogP contribution in [0.1, 0.15) is 12.8 Å². The van der Waals surface area contributed by atoms with Crippen LogP contribution in [-0.4, -0.2) is 29.2 Å². The molecule has 1 aliphatic rings. The standard InChI is InChI=1S/C11H13FN2O3/c12-8-3-4-10(14(16)17)11(6-8)13-5-1-2-9(15)7-13/h3-4,6,9,15H,1-2,5,7H2/t9-/m0/s1. The molecule has 1 aromatic rings. The van der Waals surface area contributed by atoms with Crippen LogP contribution in [-0.2, 0) is 0 Å². The Hall–Kier alpha value is -1.69. The van der Waals surface area contributed by atoms with E-state index in [9.17, 15) is 19.6 Å². The van der Waals surface area contributed by atoms with E-state index >= 15 is 0 Å². The van der Waals surface area contributed by atoms with Gasteiger partial charge in [0, 0.05) is 25.2 Å². The van der Waals surface area contributed by atoms with Crippen LogP contribution in [0.5, 0.6) is 0 Å². The van der Waals surface area contributed by atoms with Crippen LogP contribution in [0.15, 0.2) is 18.2 Å². The van der Waals surface area contributed by atoms with Gasteiger partial charge in [-0.05, 0) is 18.9 Å². The highest BCUT2D eigenvalue weighted by molar-refractivity contribution is 5.63. The minimum atomic E-state index is -0.532. The van der Waals surface area contributed by atoms with Crippen molar-refractivity contribution in [3.05, 3.63) is 34.1 Å². The van der Waals surface area contributed by atoms with Gasteiger partial charge in [-0.3, -0.25) is 10.1 Å². The summed E-state index contributed by atoms with van der Waals surface area (Å²) in [6.45, 7) is 0.908. The van der Waals surface area contributed by atoms with Crippen molar-refractivity contribution in [2.45, 2.75) is 18.9 Å². The number of nitro groups is 1. The van der Waals surface area contributed by atoms with Gasteiger partial charge in [0.05, 0.1) is 11.0 Å². The average molecular weight is 240 g/mol. The number of benzene rings is 1. The van der Waals surface area contributed by atoms with E-state index in [0.717, 1.165) is 24.6 Å². The van der Waals surface area contributed by atoms with Crippen molar-refractivity contribution in [3.8, 4) is 0 Å². The normalized spacial score (nSPS) is 20.4. The number of nitro benzene ring substituents is 1. The van der Waals surface area contributed by atoms with Crippen LogP contribution in [0.3, 0.4) is 0 Å². The minimum absolute atomic E-state index is 0.125. The molecule has 0 aliphatic carbocycles. The second kappa shape index (κ2) is 4.67. The molecule has 5 nitrogen and oxygen atoms in total. The molecule has 0 saturated carbocycles. The van der Waals surface area contributed by atoms with Gasteiger partial charge >= 0.3 is 0 Å². The summed E-state index contributed by atoms with van der Waals surface area (Å²) in [5.41, 5.74) is 0.120. The molecule has 0 aromatic heterocycles. The van der Waals surface area contributed by atoms with Crippen molar-refractivity contribution in [1.82, 2.24) is 0 Å². The molecule has 1 N–H and O–H groups in total. The van der Waals surface area contributed by atoms with E-state index in [0.29, 0.717) is 19.5 Å². The molecule has 6 heteroatoms. The fourth-order valence-corrected chi connectivity index (χ4v) is 2.08. The molecule has 1 aromatic carbocycles. The number of nitrogens with zero attached hydrogens (tertiary/aromatic N) is 2. The zero-order chi connectivity index (χ0) is 12.4. The molecule has 1 fully saturated rings. The first kappa shape index (κ1) is 11.8. The first-order valence-electron chi connectivity index (χ1n) is 5.45. The summed E-state index contributed by atoms with van der Waals surface area (Å²) in [6, 6.07) is 3.38. The van der Waals surface area contributed by atoms with Crippen molar-refractivity contribution < 1.29 is 14.4 Å². The van der Waals surface area contributed by atoms with Gasteiger partial charge in [0.1, 0.15) is 11.5 Å². The minimum Gasteiger partial charge on any atom is -0.391 e. The van der Waals surface area contributed by atoms with Crippen molar-refractivity contribution in [3.63, 3.8) is 0 Å². The Morgan fingerprint density at radius 2 is 2.29 bits per heavy atom. The monoisotopic (exact) mass is 240 g/mol. The van der Waals surface area contributed by atoms with E-state index in [1.54, 1.807) is 4.90 Å². The largest absolute Gasteiger partial charge is 0.391 e. The summed E-state index contributed by atoms with van der Waals surface area (Å²) in [6.07, 6.45) is 0.917. The summed E-state index contributed by atoms with van der Waals surface area (Å²) in [5.74, 6) is -0.509. The Morgan fingerprint density at radius 3 is 2.94 bits per heavy atom. The molecule has 1 saturated heterocycles. The van der Waals surface area contributed by atoms with Gasteiger partial charge in [-0.15, -0.1) is 0 Å². The highest BCUT2D eigenvalue weighted by atomic mass is 19.1. The van der Waals surface area contributed by atoms with Gasteiger partial charge < -0.3 is 10.0 Å². The molecule has 0 unspecified atom stereocenters. The number of aliphatic hydroxyl groups is 1. The zero-order valence-corrected chi connectivity index (χ0v) is 9.17. The lowest BCUT2D eigenvalue weighted by Gasteiger charge is -2.31. The van der Waals surface area contributed by atoms with Crippen molar-refractivity contribution in [2.75, 3.05) is 18.0 Å². The van der Waals surface area contributed by atoms with Crippen LogP contribution < -0.4 is 4.90 Å². The second-order valence-corrected chi connectivity index (χ2v) is 4.13.